The largest absolute Gasteiger partial charge is 0.482 e. The maximum absolute atomic E-state index is 12.6. The number of hydrogen-bond acceptors (Lipinski definition) is 5. The third-order valence-electron chi connectivity index (χ3n) is 4.03. The molecule has 0 aromatic heterocycles. The number of halogens is 1. The van der Waals surface area contributed by atoms with Gasteiger partial charge in [-0.25, -0.2) is 13.1 Å². The third kappa shape index (κ3) is 7.01. The zero-order valence-electron chi connectivity index (χ0n) is 16.5. The second kappa shape index (κ2) is 10.6. The van der Waals surface area contributed by atoms with Crippen LogP contribution in [-0.2, 0) is 19.6 Å². The van der Waals surface area contributed by atoms with Crippen molar-refractivity contribution in [2.75, 3.05) is 20.3 Å². The van der Waals surface area contributed by atoms with Crippen molar-refractivity contribution in [3.05, 3.63) is 59.1 Å². The van der Waals surface area contributed by atoms with Gasteiger partial charge in [0, 0.05) is 19.2 Å². The van der Waals surface area contributed by atoms with Crippen LogP contribution < -0.4 is 14.8 Å². The van der Waals surface area contributed by atoms with Crippen molar-refractivity contribution in [3.8, 4) is 5.75 Å². The second-order valence-corrected chi connectivity index (χ2v) is 8.68. The number of ether oxygens (including phenoxy) is 2. The van der Waals surface area contributed by atoms with E-state index in [1.54, 1.807) is 21.0 Å². The molecule has 9 heteroatoms. The molecule has 29 heavy (non-hydrogen) atoms. The number of hydrogen-bond donors (Lipinski definition) is 2. The van der Waals surface area contributed by atoms with Gasteiger partial charge in [-0.05, 0) is 37.6 Å². The van der Waals surface area contributed by atoms with Gasteiger partial charge in [-0.15, -0.1) is 0 Å². The standard InChI is InChI=1S/C20H25ClN2O5S/c1-14(12-27-3)22-20(24)13-28-19-10-9-17(11-18(19)21)29(25,26)23-15(2)16-7-5-4-6-8-16/h4-11,14-15,23H,12-13H2,1-3H3,(H,22,24)/t14-,15+/m1/s1. The SMILES string of the molecule is COC[C@@H](C)NC(=O)COc1ccc(S(=O)(=O)N[C@@H](C)c2ccccc2)cc1Cl. The predicted molar refractivity (Wildman–Crippen MR) is 112 cm³/mol. The summed E-state index contributed by atoms with van der Waals surface area (Å²) < 4.78 is 38.2. The molecule has 2 atom stereocenters. The lowest BCUT2D eigenvalue weighted by molar-refractivity contribution is -0.124. The van der Waals surface area contributed by atoms with Gasteiger partial charge in [-0.1, -0.05) is 41.9 Å². The Bertz CT molecular complexity index is 922. The number of sulfonamides is 1. The number of carbonyl (C=O) groups excluding carboxylic acids is 1. The molecule has 7 nitrogen and oxygen atoms in total. The average molecular weight is 441 g/mol. The van der Waals surface area contributed by atoms with Crippen LogP contribution in [0.4, 0.5) is 0 Å². The first-order valence-corrected chi connectivity index (χ1v) is 10.9. The Labute approximate surface area is 176 Å². The molecule has 0 spiro atoms. The quantitative estimate of drug-likeness (QED) is 0.592. The van der Waals surface area contributed by atoms with Crippen LogP contribution in [0.2, 0.25) is 5.02 Å². The van der Waals surface area contributed by atoms with Crippen molar-refractivity contribution >= 4 is 27.5 Å². The fourth-order valence-electron chi connectivity index (χ4n) is 2.63. The minimum atomic E-state index is -3.78. The van der Waals surface area contributed by atoms with Crippen LogP contribution in [0, 0.1) is 0 Å². The van der Waals surface area contributed by atoms with Crippen LogP contribution in [0.25, 0.3) is 0 Å². The summed E-state index contributed by atoms with van der Waals surface area (Å²) in [7, 11) is -2.24. The van der Waals surface area contributed by atoms with Crippen LogP contribution in [-0.4, -0.2) is 40.7 Å². The number of amides is 1. The van der Waals surface area contributed by atoms with Crippen LogP contribution in [0.3, 0.4) is 0 Å². The average Bonchev–Trinajstić information content (AvgIpc) is 2.67. The number of nitrogens with one attached hydrogen (secondary N) is 2. The van der Waals surface area contributed by atoms with E-state index < -0.39 is 16.1 Å². The topological polar surface area (TPSA) is 93.7 Å². The Morgan fingerprint density at radius 3 is 2.45 bits per heavy atom. The summed E-state index contributed by atoms with van der Waals surface area (Å²) in [5, 5.41) is 2.80. The third-order valence-corrected chi connectivity index (χ3v) is 5.86. The summed E-state index contributed by atoms with van der Waals surface area (Å²) in [6.45, 7) is 3.70. The van der Waals surface area contributed by atoms with Crippen LogP contribution in [0.5, 0.6) is 5.75 Å². The summed E-state index contributed by atoms with van der Waals surface area (Å²) in [6.07, 6.45) is 0. The van der Waals surface area contributed by atoms with Crippen LogP contribution >= 0.6 is 11.6 Å². The number of rotatable bonds is 10. The zero-order chi connectivity index (χ0) is 21.4. The van der Waals surface area contributed by atoms with Gasteiger partial charge in [-0.2, -0.15) is 0 Å². The van der Waals surface area contributed by atoms with Crippen LogP contribution in [0.15, 0.2) is 53.4 Å². The highest BCUT2D eigenvalue weighted by Gasteiger charge is 2.20. The molecule has 2 aromatic rings. The monoisotopic (exact) mass is 440 g/mol. The van der Waals surface area contributed by atoms with E-state index in [1.165, 1.54) is 18.2 Å². The highest BCUT2D eigenvalue weighted by Crippen LogP contribution is 2.28. The van der Waals surface area contributed by atoms with E-state index >= 15 is 0 Å². The normalized spacial score (nSPS) is 13.5. The van der Waals surface area contributed by atoms with Crippen molar-refractivity contribution in [2.45, 2.75) is 30.8 Å². The van der Waals surface area contributed by atoms with Crippen molar-refractivity contribution in [3.63, 3.8) is 0 Å². The van der Waals surface area contributed by atoms with Crippen molar-refractivity contribution in [2.24, 2.45) is 0 Å². The highest BCUT2D eigenvalue weighted by atomic mass is 35.5. The minimum absolute atomic E-state index is 0.01000. The Kier molecular flexibility index (Phi) is 8.45. The van der Waals surface area contributed by atoms with Gasteiger partial charge in [0.25, 0.3) is 5.91 Å². The summed E-state index contributed by atoms with van der Waals surface area (Å²) in [6, 6.07) is 12.8. The molecule has 0 aliphatic rings. The molecule has 0 saturated heterocycles. The predicted octanol–water partition coefficient (Wildman–Crippen LogP) is 2.91. The van der Waals surface area contributed by atoms with E-state index in [4.69, 9.17) is 21.1 Å². The van der Waals surface area contributed by atoms with Crippen molar-refractivity contribution in [1.82, 2.24) is 10.0 Å². The Morgan fingerprint density at radius 1 is 1.14 bits per heavy atom. The van der Waals surface area contributed by atoms with Gasteiger partial charge < -0.3 is 14.8 Å². The number of carbonyl (C=O) groups is 1. The second-order valence-electron chi connectivity index (χ2n) is 6.56. The molecular formula is C20H25ClN2O5S. The molecule has 0 saturated carbocycles. The minimum Gasteiger partial charge on any atom is -0.482 e. The Morgan fingerprint density at radius 2 is 1.83 bits per heavy atom. The van der Waals surface area contributed by atoms with E-state index in [0.29, 0.717) is 6.61 Å². The molecule has 0 unspecified atom stereocenters. The highest BCUT2D eigenvalue weighted by molar-refractivity contribution is 7.89. The van der Waals surface area contributed by atoms with Crippen LogP contribution in [0.1, 0.15) is 25.5 Å². The van der Waals surface area contributed by atoms with Gasteiger partial charge >= 0.3 is 0 Å². The lowest BCUT2D eigenvalue weighted by Crippen LogP contribution is -2.38. The smallest absolute Gasteiger partial charge is 0.258 e. The van der Waals surface area contributed by atoms with Gasteiger partial charge in [0.05, 0.1) is 16.5 Å². The van der Waals surface area contributed by atoms with E-state index in [-0.39, 0.29) is 34.2 Å². The fourth-order valence-corrected chi connectivity index (χ4v) is 4.19. The molecule has 0 aliphatic heterocycles. The lowest BCUT2D eigenvalue weighted by Gasteiger charge is -2.16. The molecule has 0 aliphatic carbocycles. The summed E-state index contributed by atoms with van der Waals surface area (Å²) in [5.74, 6) is -0.114. The molecule has 0 heterocycles. The number of benzene rings is 2. The summed E-state index contributed by atoms with van der Waals surface area (Å²) >= 11 is 6.16. The molecule has 2 N–H and O–H groups in total. The zero-order valence-corrected chi connectivity index (χ0v) is 18.1. The molecule has 2 aromatic carbocycles. The maximum Gasteiger partial charge on any atom is 0.258 e. The van der Waals surface area contributed by atoms with E-state index in [2.05, 4.69) is 10.0 Å². The van der Waals surface area contributed by atoms with E-state index in [0.717, 1.165) is 5.56 Å². The number of methoxy groups -OCH3 is 1. The first-order chi connectivity index (χ1) is 13.7. The molecular weight excluding hydrogens is 416 g/mol. The Hall–Kier alpha value is -2.13. The molecule has 1 amide bonds. The lowest BCUT2D eigenvalue weighted by atomic mass is 10.1. The van der Waals surface area contributed by atoms with E-state index in [9.17, 15) is 13.2 Å². The first-order valence-electron chi connectivity index (χ1n) is 9.01. The summed E-state index contributed by atoms with van der Waals surface area (Å²) in [5.41, 5.74) is 0.843. The van der Waals surface area contributed by atoms with E-state index in [1.807, 2.05) is 30.3 Å². The van der Waals surface area contributed by atoms with Gasteiger partial charge in [0.2, 0.25) is 10.0 Å². The van der Waals surface area contributed by atoms with Crippen molar-refractivity contribution < 1.29 is 22.7 Å². The van der Waals surface area contributed by atoms with Gasteiger partial charge in [-0.3, -0.25) is 4.79 Å². The summed E-state index contributed by atoms with van der Waals surface area (Å²) in [4.78, 5) is 11.9. The first kappa shape index (κ1) is 23.2. The van der Waals surface area contributed by atoms with Gasteiger partial charge in [0.15, 0.2) is 6.61 Å². The molecule has 0 bridgehead atoms. The van der Waals surface area contributed by atoms with Crippen molar-refractivity contribution in [1.29, 1.82) is 0 Å². The fraction of sp³-hybridized carbons (Fsp3) is 0.350. The maximum atomic E-state index is 12.6. The molecule has 2 rings (SSSR count). The molecule has 0 fully saturated rings. The van der Waals surface area contributed by atoms with Gasteiger partial charge in [0.1, 0.15) is 5.75 Å². The molecule has 0 radical (unpaired) electrons. The molecule has 158 valence electrons. The Balaban J connectivity index is 2.01.